The molecule has 0 spiro atoms. The minimum atomic E-state index is -0.219. The zero-order valence-corrected chi connectivity index (χ0v) is 78.8. The van der Waals surface area contributed by atoms with E-state index in [-0.39, 0.29) is 32.5 Å². The number of fused-ring (bicyclic) bond motifs is 25. The van der Waals surface area contributed by atoms with Gasteiger partial charge in [0.15, 0.2) is 31.0 Å². The van der Waals surface area contributed by atoms with Crippen LogP contribution in [0.5, 0.6) is 0 Å². The third-order valence-corrected chi connectivity index (χ3v) is 33.0. The Hall–Kier alpha value is -12.8. The summed E-state index contributed by atoms with van der Waals surface area (Å²) in [5.41, 5.74) is 66.2. The lowest BCUT2D eigenvalue weighted by atomic mass is 9.50. The zero-order chi connectivity index (χ0) is 88.8. The molecular formula is C123H118N5+5. The number of nitrogens with zero attached hydrogens (tertiary/aromatic N) is 5. The highest BCUT2D eigenvalue weighted by Crippen LogP contribution is 2.68. The Kier molecular flexibility index (Phi) is 18.1. The fourth-order valence-corrected chi connectivity index (χ4v) is 27.1. The van der Waals surface area contributed by atoms with E-state index in [0.29, 0.717) is 0 Å². The second kappa shape index (κ2) is 28.6. The summed E-state index contributed by atoms with van der Waals surface area (Å²) in [6.07, 6.45) is 16.7. The molecule has 630 valence electrons. The summed E-state index contributed by atoms with van der Waals surface area (Å²) in [6, 6.07) is 90.9. The van der Waals surface area contributed by atoms with E-state index >= 15 is 0 Å². The van der Waals surface area contributed by atoms with Crippen LogP contribution in [0.25, 0.3) is 112 Å². The number of rotatable bonds is 1. The first-order chi connectivity index (χ1) is 61.5. The van der Waals surface area contributed by atoms with Gasteiger partial charge in [-0.1, -0.05) is 254 Å². The molecule has 0 radical (unpaired) electrons. The molecule has 128 heavy (non-hydrogen) atoms. The highest BCUT2D eigenvalue weighted by Gasteiger charge is 2.62. The average molecular weight is 1670 g/mol. The number of hydrogen-bond acceptors (Lipinski definition) is 0. The summed E-state index contributed by atoms with van der Waals surface area (Å²) in [7, 11) is 11.0. The van der Waals surface area contributed by atoms with Crippen molar-refractivity contribution in [1.29, 1.82) is 0 Å². The molecule has 10 aliphatic carbocycles. The fourth-order valence-electron chi connectivity index (χ4n) is 27.1. The third-order valence-electron chi connectivity index (χ3n) is 33.0. The van der Waals surface area contributed by atoms with Crippen LogP contribution in [0.15, 0.2) is 274 Å². The quantitative estimate of drug-likeness (QED) is 0.146. The Balaban J connectivity index is 0.0000000945. The van der Waals surface area contributed by atoms with E-state index in [1.165, 1.54) is 252 Å². The van der Waals surface area contributed by atoms with E-state index in [9.17, 15) is 0 Å². The molecule has 5 heteroatoms. The summed E-state index contributed by atoms with van der Waals surface area (Å²) >= 11 is 0. The average Bonchev–Trinajstić information content (AvgIpc) is 1.47. The molecule has 5 unspecified atom stereocenters. The number of aromatic nitrogens is 5. The van der Waals surface area contributed by atoms with Crippen molar-refractivity contribution >= 4 is 0 Å². The van der Waals surface area contributed by atoms with E-state index in [4.69, 9.17) is 0 Å². The lowest BCUT2D eigenvalue weighted by Crippen LogP contribution is -2.51. The van der Waals surface area contributed by atoms with Crippen LogP contribution < -0.4 is 22.8 Å². The minimum Gasteiger partial charge on any atom is -0.201 e. The highest BCUT2D eigenvalue weighted by molar-refractivity contribution is 5.98. The number of aryl methyl sites for hydroxylation is 14. The lowest BCUT2D eigenvalue weighted by Gasteiger charge is -2.50. The van der Waals surface area contributed by atoms with E-state index in [2.05, 4.69) is 442 Å². The van der Waals surface area contributed by atoms with Gasteiger partial charge in [0.05, 0.1) is 33.2 Å². The largest absolute Gasteiger partial charge is 0.216 e. The molecule has 10 aliphatic rings. The predicted octanol–water partition coefficient (Wildman–Crippen LogP) is 25.3. The lowest BCUT2D eigenvalue weighted by molar-refractivity contribution is -0.661. The molecular weight excluding hydrogens is 1550 g/mol. The molecule has 0 saturated carbocycles. The van der Waals surface area contributed by atoms with Crippen LogP contribution in [0.2, 0.25) is 0 Å². The van der Waals surface area contributed by atoms with Gasteiger partial charge in [-0.3, -0.25) is 0 Å². The maximum absolute atomic E-state index is 2.46. The Morgan fingerprint density at radius 3 is 1.09 bits per heavy atom. The second-order valence-corrected chi connectivity index (χ2v) is 40.9. The molecule has 26 rings (SSSR count). The molecule has 0 fully saturated rings. The van der Waals surface area contributed by atoms with Crippen LogP contribution in [0.3, 0.4) is 0 Å². The Bertz CT molecular complexity index is 7570. The first kappa shape index (κ1) is 81.0. The zero-order valence-electron chi connectivity index (χ0n) is 78.8. The van der Waals surface area contributed by atoms with Crippen LogP contribution in [0.1, 0.15) is 193 Å². The van der Waals surface area contributed by atoms with Gasteiger partial charge >= 0.3 is 0 Å². The topological polar surface area (TPSA) is 19.4 Å². The molecule has 0 amide bonds. The molecule has 0 N–H and O–H groups in total. The molecule has 5 atom stereocenters. The Morgan fingerprint density at radius 1 is 0.250 bits per heavy atom. The van der Waals surface area contributed by atoms with E-state index < -0.39 is 0 Å². The molecule has 11 aromatic carbocycles. The van der Waals surface area contributed by atoms with Crippen LogP contribution in [-0.2, 0) is 93.4 Å². The van der Waals surface area contributed by atoms with Crippen molar-refractivity contribution in [3.63, 3.8) is 0 Å². The summed E-state index contributed by atoms with van der Waals surface area (Å²) in [4.78, 5) is 0. The first-order valence-corrected chi connectivity index (χ1v) is 46.7. The van der Waals surface area contributed by atoms with Gasteiger partial charge in [-0.2, -0.15) is 0 Å². The van der Waals surface area contributed by atoms with Crippen molar-refractivity contribution in [2.45, 2.75) is 175 Å². The monoisotopic (exact) mass is 1660 g/mol. The maximum atomic E-state index is 2.46. The van der Waals surface area contributed by atoms with Crippen molar-refractivity contribution in [3.8, 4) is 112 Å². The van der Waals surface area contributed by atoms with Crippen molar-refractivity contribution in [3.05, 3.63) is 418 Å². The minimum absolute atomic E-state index is 0.0752. The molecule has 0 saturated heterocycles. The molecule has 0 bridgehead atoms. The SMILES string of the molecule is Cc1c[n+](C)c2c(c1C)CC1(C)c3ccccc3-c3ccc(C)c-2c31.Cc1cc2c([n+](C)c1)-c1c(C)ccc3c1C(C)(C2)c1ccccc1-3.Cc1cc[n+](C)c2c1CC1(C)c3ccccc3-c3ccc(C)c-2c31.Cc1cc[n+](C)c2c1CCC1(C)c3ccccc3-c3ccc(C)c-2c31.Cc1ccc2c3c1-c1c(ccc[n+]1C)C(C)(C)C3(c1ccccc1)c1ccccc1-2. The summed E-state index contributed by atoms with van der Waals surface area (Å²) in [5.74, 6) is 0. The molecule has 5 heterocycles. The number of pyridine rings is 5. The molecule has 16 aromatic rings. The van der Waals surface area contributed by atoms with E-state index in [1.807, 2.05) is 0 Å². The van der Waals surface area contributed by atoms with Crippen molar-refractivity contribution in [1.82, 2.24) is 0 Å². The summed E-state index contributed by atoms with van der Waals surface area (Å²) in [5, 5.41) is 0. The van der Waals surface area contributed by atoms with Crippen LogP contribution >= 0.6 is 0 Å². The van der Waals surface area contributed by atoms with Crippen molar-refractivity contribution in [2.75, 3.05) is 0 Å². The molecule has 0 aliphatic heterocycles. The summed E-state index contributed by atoms with van der Waals surface area (Å²) in [6.45, 7) is 37.2. The van der Waals surface area contributed by atoms with Gasteiger partial charge in [0.1, 0.15) is 35.2 Å². The van der Waals surface area contributed by atoms with Crippen LogP contribution in [0, 0.1) is 69.2 Å². The van der Waals surface area contributed by atoms with Gasteiger partial charge in [0.2, 0.25) is 28.5 Å². The molecule has 5 nitrogen and oxygen atoms in total. The van der Waals surface area contributed by atoms with E-state index in [0.717, 1.165) is 25.7 Å². The Morgan fingerprint density at radius 2 is 0.602 bits per heavy atom. The van der Waals surface area contributed by atoms with E-state index in [1.54, 1.807) is 11.1 Å². The normalized spacial score (nSPS) is 19.7. The van der Waals surface area contributed by atoms with Crippen molar-refractivity contribution in [2.24, 2.45) is 35.2 Å². The standard InChI is InChI=1S/C29H26N.2C24H24N.2C23H22N/c1-19-16-17-22-21-13-8-9-14-23(21)29(20-11-6-5-7-12-20)26(22)25(19)27-24(28(29,2)3)15-10-18-30(27)4;1-14-10-11-18-17-8-6-7-9-20(17)24(4)12-19-16(3)15(2)13-25(5)23(19)21(14)22(18)24;1-15-12-14-25(4)23-17(15)11-13-24(3)20-8-6-5-7-18(20)19-10-9-16(2)21(23)22(19)24;1-14-11-16-12-23(3)19-8-6-5-7-17(19)18-10-9-15(2)20(21(18)23)22(16)24(4)13-14;1-14-11-12-24(4)22-18(14)13-23(3)19-8-6-5-7-16(19)17-10-9-15(2)20(22)21(17)23/h5-18H,1-4H3;6-11,13H,12H2,1-5H3;5-10,12,14H,11,13H2,1-4H3;5-11,13H,12H2,1-4H3;5-12H,13H2,1-4H3/q5*+1. The van der Waals surface area contributed by atoms with Crippen molar-refractivity contribution < 1.29 is 22.8 Å². The van der Waals surface area contributed by atoms with Gasteiger partial charge < -0.3 is 0 Å². The van der Waals surface area contributed by atoms with Gasteiger partial charge in [0.25, 0.3) is 0 Å². The van der Waals surface area contributed by atoms with Gasteiger partial charge in [0, 0.05) is 84.2 Å². The van der Waals surface area contributed by atoms with Crippen LogP contribution in [-0.4, -0.2) is 0 Å². The number of hydrogen-bond donors (Lipinski definition) is 0. The summed E-state index contributed by atoms with van der Waals surface area (Å²) < 4.78 is 11.6. The van der Waals surface area contributed by atoms with Gasteiger partial charge in [-0.05, 0) is 275 Å². The third kappa shape index (κ3) is 10.9. The predicted molar refractivity (Wildman–Crippen MR) is 524 cm³/mol. The number of benzene rings is 11. The highest BCUT2D eigenvalue weighted by atomic mass is 15.0. The first-order valence-electron chi connectivity index (χ1n) is 46.7. The van der Waals surface area contributed by atoms with Gasteiger partial charge in [-0.25, -0.2) is 22.8 Å². The fraction of sp³-hybridized carbons (Fsp3) is 0.260. The maximum Gasteiger partial charge on any atom is 0.216 e. The smallest absolute Gasteiger partial charge is 0.201 e. The molecule has 5 aromatic heterocycles. The second-order valence-electron chi connectivity index (χ2n) is 40.9. The Labute approximate surface area is 758 Å². The van der Waals surface area contributed by atoms with Gasteiger partial charge in [-0.15, -0.1) is 0 Å². The van der Waals surface area contributed by atoms with Crippen LogP contribution in [0.4, 0.5) is 0 Å².